The largest absolute Gasteiger partial charge is 0.361 e. The van der Waals surface area contributed by atoms with Gasteiger partial charge in [-0.25, -0.2) is 9.37 Å². The monoisotopic (exact) mass is 371 g/mol. The molecule has 0 N–H and O–H groups in total. The fraction of sp³-hybridized carbons (Fsp3) is 0.421. The lowest BCUT2D eigenvalue weighted by atomic mass is 10.1. The number of carbonyl (C=O) groups excluding carboxylic acids is 1. The Kier molecular flexibility index (Phi) is 4.65. The first-order valence-electron chi connectivity index (χ1n) is 9.08. The van der Waals surface area contributed by atoms with Crippen molar-refractivity contribution in [1.29, 1.82) is 0 Å². The van der Waals surface area contributed by atoms with E-state index in [9.17, 15) is 9.18 Å². The van der Waals surface area contributed by atoms with Gasteiger partial charge in [0.05, 0.1) is 23.1 Å². The zero-order chi connectivity index (χ0) is 19.0. The van der Waals surface area contributed by atoms with Crippen molar-refractivity contribution in [1.82, 2.24) is 24.5 Å². The topological polar surface area (TPSA) is 67.4 Å². The van der Waals surface area contributed by atoms with Gasteiger partial charge >= 0.3 is 0 Å². The smallest absolute Gasteiger partial charge is 0.259 e. The van der Waals surface area contributed by atoms with E-state index in [0.29, 0.717) is 35.6 Å². The van der Waals surface area contributed by atoms with E-state index in [1.165, 1.54) is 12.1 Å². The van der Waals surface area contributed by atoms with Crippen LogP contribution in [0.4, 0.5) is 4.39 Å². The Morgan fingerprint density at radius 2 is 1.96 bits per heavy atom. The third-order valence-electron chi connectivity index (χ3n) is 5.15. The summed E-state index contributed by atoms with van der Waals surface area (Å²) in [5.41, 5.74) is 2.83. The Morgan fingerprint density at radius 3 is 2.67 bits per heavy atom. The van der Waals surface area contributed by atoms with E-state index in [4.69, 9.17) is 4.52 Å². The van der Waals surface area contributed by atoms with Crippen molar-refractivity contribution in [3.05, 3.63) is 47.4 Å². The van der Waals surface area contributed by atoms with Crippen LogP contribution in [0.5, 0.6) is 0 Å². The van der Waals surface area contributed by atoms with Gasteiger partial charge in [-0.1, -0.05) is 5.16 Å². The minimum atomic E-state index is -0.271. The lowest BCUT2D eigenvalue weighted by molar-refractivity contribution is 0.0631. The fourth-order valence-corrected chi connectivity index (χ4v) is 3.59. The minimum Gasteiger partial charge on any atom is -0.361 e. The van der Waals surface area contributed by atoms with Crippen LogP contribution in [0.2, 0.25) is 0 Å². The fourth-order valence-electron chi connectivity index (χ4n) is 3.59. The van der Waals surface area contributed by atoms with Crippen LogP contribution in [0.3, 0.4) is 0 Å². The second-order valence-electron chi connectivity index (χ2n) is 6.90. The van der Waals surface area contributed by atoms with Crippen LogP contribution in [0.1, 0.15) is 21.8 Å². The molecule has 0 spiro atoms. The number of carbonyl (C=O) groups is 1. The highest BCUT2D eigenvalue weighted by Gasteiger charge is 2.26. The summed E-state index contributed by atoms with van der Waals surface area (Å²) in [6.07, 6.45) is 1.75. The van der Waals surface area contributed by atoms with Crippen molar-refractivity contribution in [2.75, 3.05) is 32.7 Å². The van der Waals surface area contributed by atoms with Gasteiger partial charge < -0.3 is 14.0 Å². The molecule has 8 heteroatoms. The SMILES string of the molecule is Cc1noc(C)c1C(=O)N1CCN(CCn2cnc3cc(F)ccc32)CC1. The maximum absolute atomic E-state index is 13.3. The Balaban J connectivity index is 1.33. The molecular formula is C19H22FN5O2. The van der Waals surface area contributed by atoms with E-state index in [1.807, 2.05) is 9.47 Å². The number of piperazine rings is 1. The predicted molar refractivity (Wildman–Crippen MR) is 98.0 cm³/mol. The molecule has 0 atom stereocenters. The molecule has 1 aromatic carbocycles. The summed E-state index contributed by atoms with van der Waals surface area (Å²) in [4.78, 5) is 21.1. The summed E-state index contributed by atoms with van der Waals surface area (Å²) < 4.78 is 20.4. The number of benzene rings is 1. The van der Waals surface area contributed by atoms with Crippen molar-refractivity contribution < 1.29 is 13.7 Å². The maximum atomic E-state index is 13.3. The summed E-state index contributed by atoms with van der Waals surface area (Å²) in [5.74, 6) is 0.295. The van der Waals surface area contributed by atoms with Gasteiger partial charge in [0.15, 0.2) is 0 Å². The van der Waals surface area contributed by atoms with E-state index in [2.05, 4.69) is 15.0 Å². The van der Waals surface area contributed by atoms with E-state index in [0.717, 1.165) is 31.7 Å². The molecule has 0 aliphatic carbocycles. The van der Waals surface area contributed by atoms with E-state index < -0.39 is 0 Å². The molecule has 0 saturated carbocycles. The summed E-state index contributed by atoms with van der Waals surface area (Å²) in [5, 5.41) is 3.87. The van der Waals surface area contributed by atoms with Gasteiger partial charge in [-0.15, -0.1) is 0 Å². The van der Waals surface area contributed by atoms with Gasteiger partial charge in [0, 0.05) is 45.3 Å². The number of hydrogen-bond donors (Lipinski definition) is 0. The Morgan fingerprint density at radius 1 is 1.19 bits per heavy atom. The number of fused-ring (bicyclic) bond motifs is 1. The van der Waals surface area contributed by atoms with E-state index >= 15 is 0 Å². The number of nitrogens with zero attached hydrogens (tertiary/aromatic N) is 5. The van der Waals surface area contributed by atoms with Gasteiger partial charge in [-0.3, -0.25) is 9.69 Å². The molecule has 0 bridgehead atoms. The van der Waals surface area contributed by atoms with Gasteiger partial charge in [0.25, 0.3) is 5.91 Å². The number of rotatable bonds is 4. The summed E-state index contributed by atoms with van der Waals surface area (Å²) >= 11 is 0. The molecule has 1 amide bonds. The second-order valence-corrected chi connectivity index (χ2v) is 6.90. The lowest BCUT2D eigenvalue weighted by Gasteiger charge is -2.34. The Bertz CT molecular complexity index is 952. The zero-order valence-electron chi connectivity index (χ0n) is 15.5. The third kappa shape index (κ3) is 3.44. The highest BCUT2D eigenvalue weighted by Crippen LogP contribution is 2.17. The normalized spacial score (nSPS) is 15.6. The third-order valence-corrected chi connectivity index (χ3v) is 5.15. The van der Waals surface area contributed by atoms with Gasteiger partial charge in [0.2, 0.25) is 0 Å². The van der Waals surface area contributed by atoms with E-state index in [1.54, 1.807) is 26.2 Å². The standard InChI is InChI=1S/C19H22FN5O2/c1-13-18(14(2)27-22-13)19(26)24-8-5-23(6-9-24)7-10-25-12-21-16-11-15(20)3-4-17(16)25/h3-4,11-12H,5-10H2,1-2H3. The van der Waals surface area contributed by atoms with Crippen molar-refractivity contribution >= 4 is 16.9 Å². The van der Waals surface area contributed by atoms with Crippen LogP contribution in [-0.2, 0) is 6.54 Å². The van der Waals surface area contributed by atoms with Gasteiger partial charge in [0.1, 0.15) is 17.1 Å². The van der Waals surface area contributed by atoms with Crippen molar-refractivity contribution in [3.63, 3.8) is 0 Å². The molecule has 1 aliphatic heterocycles. The quantitative estimate of drug-likeness (QED) is 0.704. The number of imidazole rings is 1. The number of halogens is 1. The van der Waals surface area contributed by atoms with Crippen LogP contribution < -0.4 is 0 Å². The first-order valence-corrected chi connectivity index (χ1v) is 9.08. The summed E-state index contributed by atoms with van der Waals surface area (Å²) in [6.45, 7) is 8.19. The van der Waals surface area contributed by atoms with Gasteiger partial charge in [-0.05, 0) is 26.0 Å². The number of aromatic nitrogens is 3. The second kappa shape index (κ2) is 7.11. The number of amides is 1. The maximum Gasteiger partial charge on any atom is 0.259 e. The van der Waals surface area contributed by atoms with Crippen LogP contribution in [0.15, 0.2) is 29.0 Å². The summed E-state index contributed by atoms with van der Waals surface area (Å²) in [7, 11) is 0. The Hall–Kier alpha value is -2.74. The molecule has 27 heavy (non-hydrogen) atoms. The van der Waals surface area contributed by atoms with Crippen molar-refractivity contribution in [2.24, 2.45) is 0 Å². The molecule has 0 unspecified atom stereocenters. The molecule has 142 valence electrons. The molecule has 1 fully saturated rings. The molecule has 7 nitrogen and oxygen atoms in total. The Labute approximate surface area is 156 Å². The minimum absolute atomic E-state index is 0.00599. The van der Waals surface area contributed by atoms with Crippen LogP contribution in [0, 0.1) is 19.7 Å². The van der Waals surface area contributed by atoms with Crippen LogP contribution in [0.25, 0.3) is 11.0 Å². The number of hydrogen-bond acceptors (Lipinski definition) is 5. The molecule has 3 heterocycles. The molecule has 2 aromatic heterocycles. The molecule has 0 radical (unpaired) electrons. The molecular weight excluding hydrogens is 349 g/mol. The lowest BCUT2D eigenvalue weighted by Crippen LogP contribution is -2.49. The van der Waals surface area contributed by atoms with E-state index in [-0.39, 0.29) is 11.7 Å². The highest BCUT2D eigenvalue weighted by atomic mass is 19.1. The predicted octanol–water partition coefficient (Wildman–Crippen LogP) is 2.24. The average molecular weight is 371 g/mol. The summed E-state index contributed by atoms with van der Waals surface area (Å²) in [6, 6.07) is 4.67. The average Bonchev–Trinajstić information content (AvgIpc) is 3.22. The van der Waals surface area contributed by atoms with Crippen LogP contribution in [-0.4, -0.2) is 63.1 Å². The molecule has 3 aromatic rings. The first kappa shape index (κ1) is 17.7. The van der Waals surface area contributed by atoms with Crippen molar-refractivity contribution in [3.8, 4) is 0 Å². The van der Waals surface area contributed by atoms with Gasteiger partial charge in [-0.2, -0.15) is 0 Å². The zero-order valence-corrected chi connectivity index (χ0v) is 15.5. The molecule has 1 saturated heterocycles. The molecule has 4 rings (SSSR count). The number of aryl methyl sites for hydroxylation is 2. The molecule has 1 aliphatic rings. The first-order chi connectivity index (χ1) is 13.0. The van der Waals surface area contributed by atoms with Crippen molar-refractivity contribution in [2.45, 2.75) is 20.4 Å². The highest BCUT2D eigenvalue weighted by molar-refractivity contribution is 5.96. The van der Waals surface area contributed by atoms with Crippen LogP contribution >= 0.6 is 0 Å².